The van der Waals surface area contributed by atoms with Crippen LogP contribution in [0.25, 0.3) is 0 Å². The van der Waals surface area contributed by atoms with E-state index in [9.17, 15) is 14.4 Å². The Morgan fingerprint density at radius 3 is 2.35 bits per heavy atom. The number of hydrogen-bond acceptors (Lipinski definition) is 4. The molecule has 2 amide bonds. The Bertz CT molecular complexity index is 499. The smallest absolute Gasteiger partial charge is 0.305 e. The van der Waals surface area contributed by atoms with E-state index in [1.54, 1.807) is 24.3 Å². The minimum absolute atomic E-state index is 0.161. The third kappa shape index (κ3) is 5.49. The molecular weight excluding hydrogens is 262 g/mol. The van der Waals surface area contributed by atoms with E-state index in [-0.39, 0.29) is 12.5 Å². The maximum absolute atomic E-state index is 11.5. The number of anilines is 1. The van der Waals surface area contributed by atoms with Crippen LogP contribution < -0.4 is 16.4 Å². The number of hydrogen-bond donors (Lipinski definition) is 4. The van der Waals surface area contributed by atoms with Gasteiger partial charge in [0.2, 0.25) is 11.8 Å². The number of rotatable bonds is 6. The summed E-state index contributed by atoms with van der Waals surface area (Å²) in [4.78, 5) is 32.8. The van der Waals surface area contributed by atoms with Crippen molar-refractivity contribution in [2.24, 2.45) is 5.73 Å². The molecule has 0 aliphatic rings. The van der Waals surface area contributed by atoms with Crippen LogP contribution in [0.15, 0.2) is 24.3 Å². The van der Waals surface area contributed by atoms with E-state index in [0.717, 1.165) is 5.56 Å². The van der Waals surface area contributed by atoms with Crippen molar-refractivity contribution in [1.82, 2.24) is 5.32 Å². The molecule has 0 radical (unpaired) electrons. The Labute approximate surface area is 116 Å². The summed E-state index contributed by atoms with van der Waals surface area (Å²) in [6.07, 6.45) is -0.409. The molecule has 0 heterocycles. The summed E-state index contributed by atoms with van der Waals surface area (Å²) in [6, 6.07) is 5.84. The third-order valence-corrected chi connectivity index (χ3v) is 2.47. The summed E-state index contributed by atoms with van der Waals surface area (Å²) in [5.74, 6) is -1.80. The zero-order valence-corrected chi connectivity index (χ0v) is 11.1. The standard InChI is InChI=1S/C13H17N3O4/c1-8(17)16-10-4-2-9(3-5-10)7-15-13(20)11(14)6-12(18)19/h2-5,11H,6-7,14H2,1H3,(H,15,20)(H,16,17)(H,18,19). The number of carboxylic acid groups (broad SMARTS) is 1. The third-order valence-electron chi connectivity index (χ3n) is 2.47. The molecular formula is C13H17N3O4. The second-order valence-electron chi connectivity index (χ2n) is 4.30. The lowest BCUT2D eigenvalue weighted by Crippen LogP contribution is -2.41. The van der Waals surface area contributed by atoms with Gasteiger partial charge in [0.15, 0.2) is 0 Å². The molecule has 0 aromatic heterocycles. The molecule has 0 saturated carbocycles. The lowest BCUT2D eigenvalue weighted by Gasteiger charge is -2.10. The van der Waals surface area contributed by atoms with Gasteiger partial charge in [0.1, 0.15) is 0 Å². The first-order chi connectivity index (χ1) is 9.38. The summed E-state index contributed by atoms with van der Waals surface area (Å²) in [7, 11) is 0. The van der Waals surface area contributed by atoms with Crippen molar-refractivity contribution in [2.75, 3.05) is 5.32 Å². The zero-order valence-electron chi connectivity index (χ0n) is 11.1. The molecule has 0 spiro atoms. The lowest BCUT2D eigenvalue weighted by atomic mass is 10.1. The van der Waals surface area contributed by atoms with Gasteiger partial charge in [-0.3, -0.25) is 14.4 Å². The van der Waals surface area contributed by atoms with E-state index in [1.165, 1.54) is 6.92 Å². The second kappa shape index (κ2) is 7.25. The largest absolute Gasteiger partial charge is 0.481 e. The number of aliphatic carboxylic acids is 1. The predicted octanol–water partition coefficient (Wildman–Crippen LogP) is 0.0632. The zero-order chi connectivity index (χ0) is 15.1. The summed E-state index contributed by atoms with van der Waals surface area (Å²) < 4.78 is 0. The van der Waals surface area contributed by atoms with E-state index >= 15 is 0 Å². The monoisotopic (exact) mass is 279 g/mol. The van der Waals surface area contributed by atoms with Gasteiger partial charge in [-0.1, -0.05) is 12.1 Å². The maximum atomic E-state index is 11.5. The van der Waals surface area contributed by atoms with Crippen molar-refractivity contribution >= 4 is 23.5 Å². The van der Waals surface area contributed by atoms with Crippen molar-refractivity contribution in [2.45, 2.75) is 25.9 Å². The highest BCUT2D eigenvalue weighted by Crippen LogP contribution is 2.09. The predicted molar refractivity (Wildman–Crippen MR) is 72.8 cm³/mol. The molecule has 5 N–H and O–H groups in total. The van der Waals surface area contributed by atoms with Crippen molar-refractivity contribution in [3.63, 3.8) is 0 Å². The number of carbonyl (C=O) groups excluding carboxylic acids is 2. The van der Waals surface area contributed by atoms with Crippen molar-refractivity contribution < 1.29 is 19.5 Å². The quantitative estimate of drug-likeness (QED) is 0.586. The number of carboxylic acids is 1. The lowest BCUT2D eigenvalue weighted by molar-refractivity contribution is -0.139. The summed E-state index contributed by atoms with van der Waals surface area (Å²) in [6.45, 7) is 1.66. The van der Waals surface area contributed by atoms with Gasteiger partial charge >= 0.3 is 5.97 Å². The number of nitrogens with one attached hydrogen (secondary N) is 2. The minimum Gasteiger partial charge on any atom is -0.481 e. The minimum atomic E-state index is -1.12. The van der Waals surface area contributed by atoms with Gasteiger partial charge in [-0.2, -0.15) is 0 Å². The molecule has 0 saturated heterocycles. The molecule has 7 nitrogen and oxygen atoms in total. The van der Waals surface area contributed by atoms with E-state index in [4.69, 9.17) is 10.8 Å². The van der Waals surface area contributed by atoms with Crippen LogP contribution in [0.2, 0.25) is 0 Å². The average Bonchev–Trinajstić information content (AvgIpc) is 2.36. The molecule has 1 atom stereocenters. The Balaban J connectivity index is 2.47. The van der Waals surface area contributed by atoms with Gasteiger partial charge in [-0.05, 0) is 17.7 Å². The SMILES string of the molecule is CC(=O)Nc1ccc(CNC(=O)C(N)CC(=O)O)cc1. The van der Waals surface area contributed by atoms with Gasteiger partial charge in [0.25, 0.3) is 0 Å². The summed E-state index contributed by atoms with van der Waals surface area (Å²) in [5, 5.41) is 13.7. The number of carbonyl (C=O) groups is 3. The van der Waals surface area contributed by atoms with Crippen LogP contribution in [-0.2, 0) is 20.9 Å². The highest BCUT2D eigenvalue weighted by atomic mass is 16.4. The van der Waals surface area contributed by atoms with E-state index in [0.29, 0.717) is 5.69 Å². The molecule has 1 unspecified atom stereocenters. The molecule has 0 bridgehead atoms. The van der Waals surface area contributed by atoms with Crippen LogP contribution >= 0.6 is 0 Å². The van der Waals surface area contributed by atoms with Gasteiger partial charge in [-0.15, -0.1) is 0 Å². The van der Waals surface area contributed by atoms with Crippen molar-refractivity contribution in [3.05, 3.63) is 29.8 Å². The van der Waals surface area contributed by atoms with Crippen LogP contribution in [0, 0.1) is 0 Å². The Kier molecular flexibility index (Phi) is 5.67. The van der Waals surface area contributed by atoms with Gasteiger partial charge < -0.3 is 21.5 Å². The molecule has 108 valence electrons. The fourth-order valence-corrected chi connectivity index (χ4v) is 1.51. The van der Waals surface area contributed by atoms with Crippen LogP contribution in [0.1, 0.15) is 18.9 Å². The Morgan fingerprint density at radius 1 is 1.25 bits per heavy atom. The highest BCUT2D eigenvalue weighted by Gasteiger charge is 2.16. The Hall–Kier alpha value is -2.41. The van der Waals surface area contributed by atoms with Crippen LogP contribution in [0.5, 0.6) is 0 Å². The van der Waals surface area contributed by atoms with Crippen LogP contribution in [-0.4, -0.2) is 28.9 Å². The maximum Gasteiger partial charge on any atom is 0.305 e. The molecule has 20 heavy (non-hydrogen) atoms. The van der Waals surface area contributed by atoms with Crippen molar-refractivity contribution in [3.8, 4) is 0 Å². The normalized spacial score (nSPS) is 11.5. The van der Waals surface area contributed by atoms with Gasteiger partial charge in [0.05, 0.1) is 12.5 Å². The van der Waals surface area contributed by atoms with E-state index in [1.807, 2.05) is 0 Å². The van der Waals surface area contributed by atoms with Crippen LogP contribution in [0.4, 0.5) is 5.69 Å². The molecule has 1 aromatic carbocycles. The topological polar surface area (TPSA) is 122 Å². The Morgan fingerprint density at radius 2 is 1.85 bits per heavy atom. The summed E-state index contributed by atoms with van der Waals surface area (Å²) in [5.41, 5.74) is 6.90. The molecule has 1 aromatic rings. The first-order valence-corrected chi connectivity index (χ1v) is 6.00. The second-order valence-corrected chi connectivity index (χ2v) is 4.30. The molecule has 0 aliphatic heterocycles. The fraction of sp³-hybridized carbons (Fsp3) is 0.308. The molecule has 0 fully saturated rings. The number of benzene rings is 1. The molecule has 1 rings (SSSR count). The van der Waals surface area contributed by atoms with Gasteiger partial charge in [0, 0.05) is 19.2 Å². The number of nitrogens with two attached hydrogens (primary N) is 1. The van der Waals surface area contributed by atoms with E-state index in [2.05, 4.69) is 10.6 Å². The first kappa shape index (κ1) is 15.6. The van der Waals surface area contributed by atoms with Crippen LogP contribution in [0.3, 0.4) is 0 Å². The average molecular weight is 279 g/mol. The molecule has 0 aliphatic carbocycles. The fourth-order valence-electron chi connectivity index (χ4n) is 1.51. The highest BCUT2D eigenvalue weighted by molar-refractivity contribution is 5.88. The molecule has 7 heteroatoms. The van der Waals surface area contributed by atoms with Gasteiger partial charge in [-0.25, -0.2) is 0 Å². The number of amides is 2. The van der Waals surface area contributed by atoms with Crippen molar-refractivity contribution in [1.29, 1.82) is 0 Å². The van der Waals surface area contributed by atoms with E-state index < -0.39 is 24.3 Å². The summed E-state index contributed by atoms with van der Waals surface area (Å²) >= 11 is 0. The first-order valence-electron chi connectivity index (χ1n) is 6.00.